The van der Waals surface area contributed by atoms with Crippen molar-refractivity contribution < 1.29 is 0 Å². The van der Waals surface area contributed by atoms with Crippen LogP contribution in [0.15, 0.2) is 0 Å². The van der Waals surface area contributed by atoms with Gasteiger partial charge in [-0.2, -0.15) is 5.10 Å². The van der Waals surface area contributed by atoms with Crippen molar-refractivity contribution in [2.45, 2.75) is 46.1 Å². The number of aromatic nitrogens is 2. The van der Waals surface area contributed by atoms with Crippen molar-refractivity contribution in [1.29, 1.82) is 0 Å². The number of aryl methyl sites for hydroxylation is 2. The molecule has 0 fully saturated rings. The van der Waals surface area contributed by atoms with Crippen LogP contribution in [-0.4, -0.2) is 16.3 Å². The van der Waals surface area contributed by atoms with Gasteiger partial charge in [0.25, 0.3) is 0 Å². The standard InChI is InChI=1S/C12H21N3/c1-3-15-9(2)11-8-10(6-7-13)4-5-12(11)14-15/h10H,3-8,13H2,1-2H3. The third-order valence-electron chi connectivity index (χ3n) is 3.57. The molecule has 15 heavy (non-hydrogen) atoms. The van der Waals surface area contributed by atoms with Crippen LogP contribution >= 0.6 is 0 Å². The molecule has 1 heterocycles. The summed E-state index contributed by atoms with van der Waals surface area (Å²) in [6, 6.07) is 0. The Morgan fingerprint density at radius 2 is 2.33 bits per heavy atom. The Balaban J connectivity index is 2.21. The van der Waals surface area contributed by atoms with E-state index in [0.29, 0.717) is 0 Å². The Bertz CT molecular complexity index is 341. The molecule has 0 spiro atoms. The second-order valence-corrected chi connectivity index (χ2v) is 4.51. The largest absolute Gasteiger partial charge is 0.330 e. The Morgan fingerprint density at radius 3 is 3.00 bits per heavy atom. The van der Waals surface area contributed by atoms with Crippen molar-refractivity contribution in [2.24, 2.45) is 11.7 Å². The van der Waals surface area contributed by atoms with Gasteiger partial charge in [-0.25, -0.2) is 0 Å². The minimum atomic E-state index is 0.788. The van der Waals surface area contributed by atoms with E-state index in [1.54, 1.807) is 0 Å². The Labute approximate surface area is 91.7 Å². The zero-order valence-electron chi connectivity index (χ0n) is 9.79. The highest BCUT2D eigenvalue weighted by molar-refractivity contribution is 5.28. The summed E-state index contributed by atoms with van der Waals surface area (Å²) in [6.45, 7) is 6.16. The van der Waals surface area contributed by atoms with Crippen LogP contribution in [0.2, 0.25) is 0 Å². The van der Waals surface area contributed by atoms with Gasteiger partial charge < -0.3 is 5.73 Å². The Morgan fingerprint density at radius 1 is 1.53 bits per heavy atom. The third kappa shape index (κ3) is 1.93. The molecule has 1 aromatic rings. The van der Waals surface area contributed by atoms with Crippen LogP contribution in [0.25, 0.3) is 0 Å². The lowest BCUT2D eigenvalue weighted by atomic mass is 9.84. The van der Waals surface area contributed by atoms with E-state index in [1.165, 1.54) is 29.8 Å². The first-order valence-corrected chi connectivity index (χ1v) is 6.01. The highest BCUT2D eigenvalue weighted by Crippen LogP contribution is 2.28. The van der Waals surface area contributed by atoms with Gasteiger partial charge >= 0.3 is 0 Å². The summed E-state index contributed by atoms with van der Waals surface area (Å²) < 4.78 is 2.13. The predicted molar refractivity (Wildman–Crippen MR) is 61.8 cm³/mol. The monoisotopic (exact) mass is 207 g/mol. The summed E-state index contributed by atoms with van der Waals surface area (Å²) in [7, 11) is 0. The lowest BCUT2D eigenvalue weighted by molar-refractivity contribution is 0.430. The first kappa shape index (κ1) is 10.7. The SMILES string of the molecule is CCn1nc2c(c1C)CC(CCN)CC2. The first-order chi connectivity index (χ1) is 7.26. The fourth-order valence-electron chi connectivity index (χ4n) is 2.63. The van der Waals surface area contributed by atoms with Gasteiger partial charge in [-0.1, -0.05) is 0 Å². The van der Waals surface area contributed by atoms with Gasteiger partial charge in [-0.05, 0) is 57.6 Å². The molecule has 3 nitrogen and oxygen atoms in total. The highest BCUT2D eigenvalue weighted by Gasteiger charge is 2.23. The van der Waals surface area contributed by atoms with Crippen molar-refractivity contribution in [1.82, 2.24) is 9.78 Å². The van der Waals surface area contributed by atoms with Gasteiger partial charge in [0, 0.05) is 12.2 Å². The minimum absolute atomic E-state index is 0.788. The van der Waals surface area contributed by atoms with Gasteiger partial charge in [-0.15, -0.1) is 0 Å². The smallest absolute Gasteiger partial charge is 0.0659 e. The molecule has 1 atom stereocenters. The maximum absolute atomic E-state index is 5.63. The summed E-state index contributed by atoms with van der Waals surface area (Å²) in [4.78, 5) is 0. The number of hydrogen-bond donors (Lipinski definition) is 1. The lowest BCUT2D eigenvalue weighted by Gasteiger charge is -2.20. The first-order valence-electron chi connectivity index (χ1n) is 6.01. The molecule has 0 radical (unpaired) electrons. The van der Waals surface area contributed by atoms with Crippen LogP contribution in [0.5, 0.6) is 0 Å². The zero-order chi connectivity index (χ0) is 10.8. The van der Waals surface area contributed by atoms with Crippen LogP contribution in [0.4, 0.5) is 0 Å². The van der Waals surface area contributed by atoms with Crippen LogP contribution < -0.4 is 5.73 Å². The number of rotatable bonds is 3. The van der Waals surface area contributed by atoms with E-state index < -0.39 is 0 Å². The molecule has 0 aliphatic heterocycles. The molecule has 1 aromatic heterocycles. The van der Waals surface area contributed by atoms with Crippen molar-refractivity contribution in [3.63, 3.8) is 0 Å². The Kier molecular flexibility index (Phi) is 3.10. The van der Waals surface area contributed by atoms with Crippen LogP contribution in [0, 0.1) is 12.8 Å². The molecule has 0 amide bonds. The van der Waals surface area contributed by atoms with Crippen molar-refractivity contribution in [2.75, 3.05) is 6.54 Å². The summed E-state index contributed by atoms with van der Waals surface area (Å²) in [5, 5.41) is 4.65. The van der Waals surface area contributed by atoms with Crippen molar-refractivity contribution in [3.05, 3.63) is 17.0 Å². The van der Waals surface area contributed by atoms with Gasteiger partial charge in [0.2, 0.25) is 0 Å². The molecular formula is C12H21N3. The highest BCUT2D eigenvalue weighted by atomic mass is 15.3. The molecule has 0 bridgehead atoms. The second kappa shape index (κ2) is 4.35. The summed E-state index contributed by atoms with van der Waals surface area (Å²) in [6.07, 6.45) is 4.77. The number of hydrogen-bond acceptors (Lipinski definition) is 2. The van der Waals surface area contributed by atoms with E-state index in [-0.39, 0.29) is 0 Å². The molecule has 2 N–H and O–H groups in total. The molecule has 84 valence electrons. The number of fused-ring (bicyclic) bond motifs is 1. The quantitative estimate of drug-likeness (QED) is 0.819. The third-order valence-corrected chi connectivity index (χ3v) is 3.57. The van der Waals surface area contributed by atoms with Gasteiger partial charge in [-0.3, -0.25) is 4.68 Å². The van der Waals surface area contributed by atoms with Gasteiger partial charge in [0.1, 0.15) is 0 Å². The van der Waals surface area contributed by atoms with E-state index in [1.807, 2.05) is 0 Å². The summed E-state index contributed by atoms with van der Waals surface area (Å²) >= 11 is 0. The fraction of sp³-hybridized carbons (Fsp3) is 0.750. The Hall–Kier alpha value is -0.830. The van der Waals surface area contributed by atoms with Gasteiger partial charge in [0.05, 0.1) is 5.69 Å². The lowest BCUT2D eigenvalue weighted by Crippen LogP contribution is -2.17. The molecule has 0 saturated carbocycles. The zero-order valence-corrected chi connectivity index (χ0v) is 9.79. The average molecular weight is 207 g/mol. The molecule has 3 heteroatoms. The topological polar surface area (TPSA) is 43.8 Å². The molecule has 1 unspecified atom stereocenters. The van der Waals surface area contributed by atoms with Crippen LogP contribution in [-0.2, 0) is 19.4 Å². The molecular weight excluding hydrogens is 186 g/mol. The molecule has 1 aliphatic rings. The summed E-state index contributed by atoms with van der Waals surface area (Å²) in [5.74, 6) is 0.788. The average Bonchev–Trinajstić information content (AvgIpc) is 2.56. The predicted octanol–water partition coefficient (Wildman–Crippen LogP) is 1.67. The van der Waals surface area contributed by atoms with E-state index in [9.17, 15) is 0 Å². The minimum Gasteiger partial charge on any atom is -0.330 e. The maximum atomic E-state index is 5.63. The molecule has 0 saturated heterocycles. The molecule has 0 aromatic carbocycles. The maximum Gasteiger partial charge on any atom is 0.0659 e. The van der Waals surface area contributed by atoms with Crippen LogP contribution in [0.3, 0.4) is 0 Å². The second-order valence-electron chi connectivity index (χ2n) is 4.51. The van der Waals surface area contributed by atoms with E-state index in [2.05, 4.69) is 23.6 Å². The number of nitrogens with two attached hydrogens (primary N) is 1. The van der Waals surface area contributed by atoms with E-state index >= 15 is 0 Å². The van der Waals surface area contributed by atoms with Crippen molar-refractivity contribution >= 4 is 0 Å². The molecule has 2 rings (SSSR count). The van der Waals surface area contributed by atoms with Gasteiger partial charge in [0.15, 0.2) is 0 Å². The van der Waals surface area contributed by atoms with E-state index in [4.69, 9.17) is 5.73 Å². The fourth-order valence-corrected chi connectivity index (χ4v) is 2.63. The number of nitrogens with zero attached hydrogens (tertiary/aromatic N) is 2. The molecule has 1 aliphatic carbocycles. The van der Waals surface area contributed by atoms with E-state index in [0.717, 1.165) is 31.8 Å². The normalized spacial score (nSPS) is 20.3. The van der Waals surface area contributed by atoms with Crippen molar-refractivity contribution in [3.8, 4) is 0 Å². The summed E-state index contributed by atoms with van der Waals surface area (Å²) in [5.41, 5.74) is 9.83. The van der Waals surface area contributed by atoms with Crippen LogP contribution in [0.1, 0.15) is 36.7 Å².